The van der Waals surface area contributed by atoms with Crippen molar-refractivity contribution in [2.24, 2.45) is 5.92 Å². The number of imide groups is 1. The van der Waals surface area contributed by atoms with Crippen LogP contribution >= 0.6 is 0 Å². The summed E-state index contributed by atoms with van der Waals surface area (Å²) in [6, 6.07) is 5.32. The van der Waals surface area contributed by atoms with Crippen molar-refractivity contribution in [1.29, 1.82) is 0 Å². The van der Waals surface area contributed by atoms with E-state index in [0.717, 1.165) is 18.4 Å². The third-order valence-corrected chi connectivity index (χ3v) is 4.95. The van der Waals surface area contributed by atoms with Gasteiger partial charge in [-0.25, -0.2) is 4.79 Å². The maximum atomic E-state index is 13.0. The minimum Gasteiger partial charge on any atom is -0.496 e. The number of nitrogens with zero attached hydrogens (tertiary/aromatic N) is 1. The second-order valence-corrected chi connectivity index (χ2v) is 6.73. The first-order chi connectivity index (χ1) is 11.5. The number of nitrogens with one attached hydrogen (secondary N) is 1. The average molecular weight is 332 g/mol. The Kier molecular flexibility index (Phi) is 4.49. The van der Waals surface area contributed by atoms with Crippen molar-refractivity contribution < 1.29 is 19.1 Å². The van der Waals surface area contributed by atoms with Gasteiger partial charge in [0.1, 0.15) is 11.3 Å². The second kappa shape index (κ2) is 6.43. The molecule has 6 heteroatoms. The third-order valence-electron chi connectivity index (χ3n) is 4.95. The number of carbonyl (C=O) groups is 2. The highest BCUT2D eigenvalue weighted by Gasteiger charge is 2.50. The molecule has 2 aliphatic heterocycles. The molecule has 1 N–H and O–H groups in total. The molecule has 1 aromatic carbocycles. The third kappa shape index (κ3) is 2.86. The van der Waals surface area contributed by atoms with Gasteiger partial charge in [0.15, 0.2) is 0 Å². The van der Waals surface area contributed by atoms with E-state index in [1.165, 1.54) is 4.90 Å². The van der Waals surface area contributed by atoms with Crippen LogP contribution in [-0.2, 0) is 15.1 Å². The predicted molar refractivity (Wildman–Crippen MR) is 88.9 cm³/mol. The van der Waals surface area contributed by atoms with Crippen LogP contribution < -0.4 is 10.1 Å². The van der Waals surface area contributed by atoms with E-state index in [0.29, 0.717) is 37.0 Å². The number of aryl methyl sites for hydroxylation is 1. The van der Waals surface area contributed by atoms with Gasteiger partial charge in [0.05, 0.1) is 7.11 Å². The monoisotopic (exact) mass is 332 g/mol. The molecule has 2 fully saturated rings. The predicted octanol–water partition coefficient (Wildman–Crippen LogP) is 2.20. The topological polar surface area (TPSA) is 67.9 Å². The molecule has 1 unspecified atom stereocenters. The Morgan fingerprint density at radius 1 is 1.33 bits per heavy atom. The van der Waals surface area contributed by atoms with E-state index in [1.807, 2.05) is 25.1 Å². The van der Waals surface area contributed by atoms with Gasteiger partial charge >= 0.3 is 6.03 Å². The molecule has 1 atom stereocenters. The van der Waals surface area contributed by atoms with E-state index in [4.69, 9.17) is 9.47 Å². The van der Waals surface area contributed by atoms with Crippen LogP contribution in [0.1, 0.15) is 30.9 Å². The van der Waals surface area contributed by atoms with Crippen LogP contribution in [0, 0.1) is 12.8 Å². The van der Waals surface area contributed by atoms with Gasteiger partial charge in [0.2, 0.25) is 0 Å². The molecule has 0 radical (unpaired) electrons. The molecular weight excluding hydrogens is 308 g/mol. The summed E-state index contributed by atoms with van der Waals surface area (Å²) in [5.74, 6) is 0.683. The van der Waals surface area contributed by atoms with Crippen LogP contribution in [0.2, 0.25) is 0 Å². The summed E-state index contributed by atoms with van der Waals surface area (Å²) < 4.78 is 10.8. The molecule has 6 nitrogen and oxygen atoms in total. The Balaban J connectivity index is 1.88. The Bertz CT molecular complexity index is 654. The van der Waals surface area contributed by atoms with Gasteiger partial charge in [-0.05, 0) is 44.7 Å². The quantitative estimate of drug-likeness (QED) is 0.858. The normalized spacial score (nSPS) is 25.0. The zero-order chi connectivity index (χ0) is 17.3. The van der Waals surface area contributed by atoms with E-state index >= 15 is 0 Å². The first kappa shape index (κ1) is 16.8. The van der Waals surface area contributed by atoms with Crippen molar-refractivity contribution in [1.82, 2.24) is 10.2 Å². The number of hydrogen-bond acceptors (Lipinski definition) is 4. The summed E-state index contributed by atoms with van der Waals surface area (Å²) in [6.45, 7) is 5.52. The van der Waals surface area contributed by atoms with Gasteiger partial charge in [0.25, 0.3) is 5.91 Å². The molecule has 24 heavy (non-hydrogen) atoms. The lowest BCUT2D eigenvalue weighted by atomic mass is 9.89. The molecular formula is C18H24N2O4. The zero-order valence-corrected chi connectivity index (χ0v) is 14.4. The number of amides is 3. The molecule has 0 aliphatic carbocycles. The number of carbonyl (C=O) groups excluding carboxylic acids is 2. The zero-order valence-electron chi connectivity index (χ0n) is 14.4. The lowest BCUT2D eigenvalue weighted by Gasteiger charge is -2.27. The molecule has 130 valence electrons. The number of ether oxygens (including phenoxy) is 2. The van der Waals surface area contributed by atoms with Crippen LogP contribution in [0.25, 0.3) is 0 Å². The average Bonchev–Trinajstić information content (AvgIpc) is 2.80. The molecule has 0 saturated carbocycles. The van der Waals surface area contributed by atoms with Crippen molar-refractivity contribution >= 4 is 11.9 Å². The molecule has 0 spiro atoms. The van der Waals surface area contributed by atoms with Gasteiger partial charge in [-0.2, -0.15) is 0 Å². The first-order valence-corrected chi connectivity index (χ1v) is 8.32. The summed E-state index contributed by atoms with van der Waals surface area (Å²) in [6.07, 6.45) is 1.75. The fourth-order valence-corrected chi connectivity index (χ4v) is 3.45. The lowest BCUT2D eigenvalue weighted by molar-refractivity contribution is -0.131. The molecule has 1 aromatic rings. The van der Waals surface area contributed by atoms with Crippen LogP contribution in [0.3, 0.4) is 0 Å². The van der Waals surface area contributed by atoms with E-state index in [-0.39, 0.29) is 11.9 Å². The maximum Gasteiger partial charge on any atom is 0.325 e. The van der Waals surface area contributed by atoms with Crippen LogP contribution in [0.15, 0.2) is 18.2 Å². The minimum atomic E-state index is -1.10. The van der Waals surface area contributed by atoms with E-state index in [9.17, 15) is 9.59 Å². The number of benzene rings is 1. The minimum absolute atomic E-state index is 0.220. The number of methoxy groups -OCH3 is 1. The summed E-state index contributed by atoms with van der Waals surface area (Å²) in [7, 11) is 1.57. The van der Waals surface area contributed by atoms with Gasteiger partial charge in [-0.3, -0.25) is 9.69 Å². The van der Waals surface area contributed by atoms with E-state index in [1.54, 1.807) is 14.0 Å². The maximum absolute atomic E-state index is 13.0. The highest BCUT2D eigenvalue weighted by molar-refractivity contribution is 6.07. The summed E-state index contributed by atoms with van der Waals surface area (Å²) in [5, 5.41) is 2.86. The fraction of sp³-hybridized carbons (Fsp3) is 0.556. The van der Waals surface area contributed by atoms with Crippen molar-refractivity contribution in [3.8, 4) is 5.75 Å². The Morgan fingerprint density at radius 3 is 2.71 bits per heavy atom. The van der Waals surface area contributed by atoms with Gasteiger partial charge < -0.3 is 14.8 Å². The standard InChI is InChI=1S/C18H24N2O4/c1-12-4-5-15(23-3)14(10-12)18(2)16(21)20(17(22)19-18)11-13-6-8-24-9-7-13/h4-5,10,13H,6-9,11H2,1-3H3,(H,19,22). The SMILES string of the molecule is COc1ccc(C)cc1C1(C)NC(=O)N(CC2CCOCC2)C1=O. The summed E-state index contributed by atoms with van der Waals surface area (Å²) in [4.78, 5) is 26.8. The van der Waals surface area contributed by atoms with Gasteiger partial charge in [-0.1, -0.05) is 11.6 Å². The Morgan fingerprint density at radius 2 is 2.04 bits per heavy atom. The van der Waals surface area contributed by atoms with Crippen molar-refractivity contribution in [3.05, 3.63) is 29.3 Å². The lowest BCUT2D eigenvalue weighted by Crippen LogP contribution is -2.42. The smallest absolute Gasteiger partial charge is 0.325 e. The second-order valence-electron chi connectivity index (χ2n) is 6.73. The molecule has 3 rings (SSSR count). The summed E-state index contributed by atoms with van der Waals surface area (Å²) in [5.41, 5.74) is 0.606. The first-order valence-electron chi connectivity index (χ1n) is 8.32. The largest absolute Gasteiger partial charge is 0.496 e. The molecule has 2 heterocycles. The van der Waals surface area contributed by atoms with E-state index in [2.05, 4.69) is 5.32 Å². The van der Waals surface area contributed by atoms with Gasteiger partial charge in [-0.15, -0.1) is 0 Å². The molecule has 0 aromatic heterocycles. The van der Waals surface area contributed by atoms with Crippen molar-refractivity contribution in [2.75, 3.05) is 26.9 Å². The highest BCUT2D eigenvalue weighted by atomic mass is 16.5. The molecule has 3 amide bonds. The van der Waals surface area contributed by atoms with Gasteiger partial charge in [0, 0.05) is 25.3 Å². The van der Waals surface area contributed by atoms with Crippen LogP contribution in [0.5, 0.6) is 5.75 Å². The van der Waals surface area contributed by atoms with Crippen LogP contribution in [0.4, 0.5) is 4.79 Å². The highest BCUT2D eigenvalue weighted by Crippen LogP contribution is 2.36. The van der Waals surface area contributed by atoms with Crippen molar-refractivity contribution in [2.45, 2.75) is 32.2 Å². The van der Waals surface area contributed by atoms with E-state index < -0.39 is 5.54 Å². The number of urea groups is 1. The summed E-state index contributed by atoms with van der Waals surface area (Å²) >= 11 is 0. The molecule has 2 saturated heterocycles. The Hall–Kier alpha value is -2.08. The fourth-order valence-electron chi connectivity index (χ4n) is 3.45. The number of rotatable bonds is 4. The molecule has 2 aliphatic rings. The number of hydrogen-bond donors (Lipinski definition) is 1. The Labute approximate surface area is 142 Å². The van der Waals surface area contributed by atoms with Crippen LogP contribution in [-0.4, -0.2) is 43.7 Å². The van der Waals surface area contributed by atoms with Crippen molar-refractivity contribution in [3.63, 3.8) is 0 Å². The molecule has 0 bridgehead atoms.